The minimum Gasteiger partial charge on any atom is -0.359 e. The maximum absolute atomic E-state index is 12.1. The highest BCUT2D eigenvalue weighted by molar-refractivity contribution is 9.10. The van der Waals surface area contributed by atoms with Crippen molar-refractivity contribution in [1.29, 1.82) is 0 Å². The Bertz CT molecular complexity index is 632. The number of hydrogen-bond donors (Lipinski definition) is 1. The standard InChI is InChI=1S/C17H16BrNO/c1-12-6-8-14(9-7-12)17(20)10-13(2)19-16-5-3-4-15(18)11-16/h3-9,11,19H,2,10H2,1H3. The van der Waals surface area contributed by atoms with Crippen molar-refractivity contribution in [2.45, 2.75) is 13.3 Å². The van der Waals surface area contributed by atoms with Crippen LogP contribution in [0.15, 0.2) is 65.3 Å². The fraction of sp³-hybridized carbons (Fsp3) is 0.118. The minimum absolute atomic E-state index is 0.0671. The van der Waals surface area contributed by atoms with E-state index in [-0.39, 0.29) is 12.2 Å². The molecule has 0 spiro atoms. The Balaban J connectivity index is 1.97. The maximum Gasteiger partial charge on any atom is 0.168 e. The number of nitrogens with one attached hydrogen (secondary N) is 1. The monoisotopic (exact) mass is 329 g/mol. The normalized spacial score (nSPS) is 10.1. The average Bonchev–Trinajstić information content (AvgIpc) is 2.39. The Morgan fingerprint density at radius 1 is 1.20 bits per heavy atom. The van der Waals surface area contributed by atoms with Crippen LogP contribution >= 0.6 is 15.9 Å². The molecule has 0 fully saturated rings. The van der Waals surface area contributed by atoms with Crippen molar-refractivity contribution in [3.05, 3.63) is 76.4 Å². The van der Waals surface area contributed by atoms with Crippen LogP contribution in [-0.4, -0.2) is 5.78 Å². The van der Waals surface area contributed by atoms with Crippen molar-refractivity contribution in [3.8, 4) is 0 Å². The number of carbonyl (C=O) groups is 1. The van der Waals surface area contributed by atoms with Crippen LogP contribution in [-0.2, 0) is 0 Å². The van der Waals surface area contributed by atoms with Crippen molar-refractivity contribution in [2.75, 3.05) is 5.32 Å². The van der Waals surface area contributed by atoms with Crippen LogP contribution in [0.2, 0.25) is 0 Å². The van der Waals surface area contributed by atoms with E-state index in [0.29, 0.717) is 11.3 Å². The third-order valence-electron chi connectivity index (χ3n) is 2.89. The SMILES string of the molecule is C=C(CC(=O)c1ccc(C)cc1)Nc1cccc(Br)c1. The highest BCUT2D eigenvalue weighted by Gasteiger charge is 2.07. The van der Waals surface area contributed by atoms with Crippen molar-refractivity contribution >= 4 is 27.4 Å². The summed E-state index contributed by atoms with van der Waals surface area (Å²) in [4.78, 5) is 12.1. The van der Waals surface area contributed by atoms with Gasteiger partial charge in [0.1, 0.15) is 0 Å². The van der Waals surface area contributed by atoms with Crippen LogP contribution in [0.4, 0.5) is 5.69 Å². The number of hydrogen-bond acceptors (Lipinski definition) is 2. The number of allylic oxidation sites excluding steroid dienone is 1. The lowest BCUT2D eigenvalue weighted by molar-refractivity contribution is 0.0993. The maximum atomic E-state index is 12.1. The molecule has 0 amide bonds. The summed E-state index contributed by atoms with van der Waals surface area (Å²) < 4.78 is 0.986. The molecule has 0 saturated carbocycles. The molecule has 3 heteroatoms. The predicted molar refractivity (Wildman–Crippen MR) is 87.0 cm³/mol. The van der Waals surface area contributed by atoms with E-state index in [4.69, 9.17) is 0 Å². The molecule has 0 radical (unpaired) electrons. The molecule has 0 aliphatic carbocycles. The van der Waals surface area contributed by atoms with Gasteiger partial charge in [0, 0.05) is 21.4 Å². The summed E-state index contributed by atoms with van der Waals surface area (Å²) in [5.74, 6) is 0.0671. The third-order valence-corrected chi connectivity index (χ3v) is 3.39. The summed E-state index contributed by atoms with van der Waals surface area (Å²) in [6.45, 7) is 5.92. The Kier molecular flexibility index (Phi) is 4.74. The van der Waals surface area contributed by atoms with Gasteiger partial charge in [0.05, 0.1) is 6.42 Å². The van der Waals surface area contributed by atoms with Crippen molar-refractivity contribution < 1.29 is 4.79 Å². The molecule has 0 aliphatic heterocycles. The molecule has 2 nitrogen and oxygen atoms in total. The smallest absolute Gasteiger partial charge is 0.168 e. The molecule has 0 saturated heterocycles. The fourth-order valence-corrected chi connectivity index (χ4v) is 2.25. The minimum atomic E-state index is 0.0671. The number of ketones is 1. The number of benzene rings is 2. The van der Waals surface area contributed by atoms with E-state index in [0.717, 1.165) is 15.7 Å². The van der Waals surface area contributed by atoms with E-state index >= 15 is 0 Å². The van der Waals surface area contributed by atoms with Gasteiger partial charge in [0.15, 0.2) is 5.78 Å². The molecule has 0 aromatic heterocycles. The van der Waals surface area contributed by atoms with E-state index in [2.05, 4.69) is 27.8 Å². The molecular formula is C17H16BrNO. The van der Waals surface area contributed by atoms with Gasteiger partial charge in [-0.1, -0.05) is 58.4 Å². The summed E-state index contributed by atoms with van der Waals surface area (Å²) >= 11 is 3.41. The molecule has 0 atom stereocenters. The second-order valence-electron chi connectivity index (χ2n) is 4.70. The lowest BCUT2D eigenvalue weighted by Crippen LogP contribution is -2.06. The van der Waals surface area contributed by atoms with E-state index < -0.39 is 0 Å². The third kappa shape index (κ3) is 4.07. The van der Waals surface area contributed by atoms with Gasteiger partial charge in [-0.15, -0.1) is 0 Å². The van der Waals surface area contributed by atoms with Gasteiger partial charge in [0.2, 0.25) is 0 Å². The van der Waals surface area contributed by atoms with Gasteiger partial charge >= 0.3 is 0 Å². The summed E-state index contributed by atoms with van der Waals surface area (Å²) in [5.41, 5.74) is 3.47. The molecule has 1 N–H and O–H groups in total. The van der Waals surface area contributed by atoms with Gasteiger partial charge < -0.3 is 5.32 Å². The van der Waals surface area contributed by atoms with Crippen LogP contribution in [0.5, 0.6) is 0 Å². The first-order valence-electron chi connectivity index (χ1n) is 6.35. The second-order valence-corrected chi connectivity index (χ2v) is 5.62. The molecule has 0 aliphatic rings. The summed E-state index contributed by atoms with van der Waals surface area (Å²) in [6.07, 6.45) is 0.287. The highest BCUT2D eigenvalue weighted by Crippen LogP contribution is 2.18. The molecule has 2 rings (SSSR count). The molecule has 0 unspecified atom stereocenters. The van der Waals surface area contributed by atoms with Gasteiger partial charge in [-0.05, 0) is 25.1 Å². The van der Waals surface area contributed by atoms with Gasteiger partial charge in [-0.3, -0.25) is 4.79 Å². The molecule has 20 heavy (non-hydrogen) atoms. The lowest BCUT2D eigenvalue weighted by Gasteiger charge is -2.09. The summed E-state index contributed by atoms with van der Waals surface area (Å²) in [6, 6.07) is 15.4. The first-order valence-corrected chi connectivity index (χ1v) is 7.14. The fourth-order valence-electron chi connectivity index (χ4n) is 1.85. The Hall–Kier alpha value is -1.87. The largest absolute Gasteiger partial charge is 0.359 e. The van der Waals surface area contributed by atoms with Gasteiger partial charge in [-0.25, -0.2) is 0 Å². The van der Waals surface area contributed by atoms with Crippen LogP contribution in [0.1, 0.15) is 22.3 Å². The molecule has 0 heterocycles. The predicted octanol–water partition coefficient (Wildman–Crippen LogP) is 4.96. The molecule has 102 valence electrons. The quantitative estimate of drug-likeness (QED) is 0.786. The topological polar surface area (TPSA) is 29.1 Å². The van der Waals surface area contributed by atoms with Gasteiger partial charge in [0.25, 0.3) is 0 Å². The van der Waals surface area contributed by atoms with Crippen LogP contribution in [0, 0.1) is 6.92 Å². The molecule has 2 aromatic carbocycles. The molecule has 2 aromatic rings. The Morgan fingerprint density at radius 3 is 2.55 bits per heavy atom. The number of anilines is 1. The second kappa shape index (κ2) is 6.53. The lowest BCUT2D eigenvalue weighted by atomic mass is 10.1. The van der Waals surface area contributed by atoms with Crippen molar-refractivity contribution in [3.63, 3.8) is 0 Å². The van der Waals surface area contributed by atoms with Crippen LogP contribution < -0.4 is 5.32 Å². The van der Waals surface area contributed by atoms with Gasteiger partial charge in [-0.2, -0.15) is 0 Å². The molecule has 0 bridgehead atoms. The number of Topliss-reactive ketones (excluding diaryl/α,β-unsaturated/α-hetero) is 1. The van der Waals surface area contributed by atoms with Crippen LogP contribution in [0.25, 0.3) is 0 Å². The summed E-state index contributed by atoms with van der Waals surface area (Å²) in [7, 11) is 0. The zero-order valence-corrected chi connectivity index (χ0v) is 12.9. The van der Waals surface area contributed by atoms with E-state index in [9.17, 15) is 4.79 Å². The van der Waals surface area contributed by atoms with Crippen molar-refractivity contribution in [2.24, 2.45) is 0 Å². The number of aryl methyl sites for hydroxylation is 1. The average molecular weight is 330 g/mol. The Labute approximate surface area is 127 Å². The summed E-state index contributed by atoms with van der Waals surface area (Å²) in [5, 5.41) is 3.15. The number of halogens is 1. The zero-order chi connectivity index (χ0) is 14.5. The highest BCUT2D eigenvalue weighted by atomic mass is 79.9. The Morgan fingerprint density at radius 2 is 1.90 bits per heavy atom. The van der Waals surface area contributed by atoms with E-state index in [1.54, 1.807) is 0 Å². The number of rotatable bonds is 5. The first kappa shape index (κ1) is 14.5. The van der Waals surface area contributed by atoms with E-state index in [1.807, 2.05) is 55.5 Å². The zero-order valence-electron chi connectivity index (χ0n) is 11.3. The number of carbonyl (C=O) groups excluding carboxylic acids is 1. The van der Waals surface area contributed by atoms with Crippen LogP contribution in [0.3, 0.4) is 0 Å². The van der Waals surface area contributed by atoms with E-state index in [1.165, 1.54) is 0 Å². The van der Waals surface area contributed by atoms with Crippen molar-refractivity contribution in [1.82, 2.24) is 0 Å². The molecular weight excluding hydrogens is 314 g/mol. The first-order chi connectivity index (χ1) is 9.54.